The predicted molar refractivity (Wildman–Crippen MR) is 76.9 cm³/mol. The summed E-state index contributed by atoms with van der Waals surface area (Å²) in [6, 6.07) is 10.3. The Morgan fingerprint density at radius 2 is 2.00 bits per heavy atom. The van der Waals surface area contributed by atoms with E-state index < -0.39 is 0 Å². The van der Waals surface area contributed by atoms with Crippen LogP contribution in [0.15, 0.2) is 30.3 Å². The maximum Gasteiger partial charge on any atom is 0.223 e. The van der Waals surface area contributed by atoms with Gasteiger partial charge in [-0.25, -0.2) is 0 Å². The van der Waals surface area contributed by atoms with Gasteiger partial charge < -0.3 is 15.4 Å². The molecular formula is C15H24N2O2. The van der Waals surface area contributed by atoms with Crippen molar-refractivity contribution in [2.75, 3.05) is 33.4 Å². The van der Waals surface area contributed by atoms with Crippen LogP contribution in [0.5, 0.6) is 0 Å². The van der Waals surface area contributed by atoms with Crippen molar-refractivity contribution in [1.82, 2.24) is 4.90 Å². The predicted octanol–water partition coefficient (Wildman–Crippen LogP) is 1.44. The summed E-state index contributed by atoms with van der Waals surface area (Å²) in [5, 5.41) is 0. The Balaban J connectivity index is 2.37. The summed E-state index contributed by atoms with van der Waals surface area (Å²) < 4.78 is 5.04. The lowest BCUT2D eigenvalue weighted by atomic mass is 10.1. The van der Waals surface area contributed by atoms with Crippen molar-refractivity contribution in [3.05, 3.63) is 35.9 Å². The van der Waals surface area contributed by atoms with E-state index in [0.717, 1.165) is 19.4 Å². The molecule has 4 heteroatoms. The van der Waals surface area contributed by atoms with Crippen molar-refractivity contribution in [2.45, 2.75) is 19.3 Å². The molecule has 0 aliphatic carbocycles. The van der Waals surface area contributed by atoms with E-state index in [-0.39, 0.29) is 5.91 Å². The highest BCUT2D eigenvalue weighted by molar-refractivity contribution is 5.76. The maximum atomic E-state index is 11.9. The number of carbonyl (C=O) groups excluding carboxylic acids is 1. The Morgan fingerprint density at radius 1 is 1.26 bits per heavy atom. The van der Waals surface area contributed by atoms with Crippen molar-refractivity contribution in [2.24, 2.45) is 5.73 Å². The summed E-state index contributed by atoms with van der Waals surface area (Å²) in [4.78, 5) is 13.7. The highest BCUT2D eigenvalue weighted by Gasteiger charge is 2.11. The molecule has 1 aromatic rings. The molecule has 0 bridgehead atoms. The van der Waals surface area contributed by atoms with E-state index in [2.05, 4.69) is 12.1 Å². The largest absolute Gasteiger partial charge is 0.383 e. The van der Waals surface area contributed by atoms with Gasteiger partial charge in [0.25, 0.3) is 0 Å². The molecular weight excluding hydrogens is 240 g/mol. The van der Waals surface area contributed by atoms with Crippen molar-refractivity contribution < 1.29 is 9.53 Å². The van der Waals surface area contributed by atoms with Gasteiger partial charge in [-0.3, -0.25) is 4.79 Å². The van der Waals surface area contributed by atoms with Gasteiger partial charge in [0.15, 0.2) is 0 Å². The van der Waals surface area contributed by atoms with E-state index in [1.807, 2.05) is 23.1 Å². The summed E-state index contributed by atoms with van der Waals surface area (Å²) in [5.41, 5.74) is 6.74. The van der Waals surface area contributed by atoms with E-state index in [9.17, 15) is 4.79 Å². The summed E-state index contributed by atoms with van der Waals surface area (Å²) in [6.45, 7) is 2.38. The van der Waals surface area contributed by atoms with Crippen molar-refractivity contribution >= 4 is 5.91 Å². The summed E-state index contributed by atoms with van der Waals surface area (Å²) in [5.74, 6) is 0.118. The van der Waals surface area contributed by atoms with Gasteiger partial charge in [-0.05, 0) is 18.4 Å². The molecule has 0 aliphatic heterocycles. The lowest BCUT2D eigenvalue weighted by Gasteiger charge is -2.22. The number of hydrogen-bond donors (Lipinski definition) is 1. The molecule has 0 radical (unpaired) electrons. The molecule has 106 valence electrons. The Kier molecular flexibility index (Phi) is 7.86. The molecule has 0 saturated carbocycles. The molecule has 1 rings (SSSR count). The van der Waals surface area contributed by atoms with Gasteiger partial charge in [-0.15, -0.1) is 0 Å². The van der Waals surface area contributed by atoms with Crippen molar-refractivity contribution in [1.29, 1.82) is 0 Å². The molecule has 0 spiro atoms. The molecule has 1 amide bonds. The van der Waals surface area contributed by atoms with Gasteiger partial charge >= 0.3 is 0 Å². The first-order valence-corrected chi connectivity index (χ1v) is 6.78. The smallest absolute Gasteiger partial charge is 0.223 e. The SMILES string of the molecule is COCCN(CCCc1ccccc1)C(=O)CCN. The Labute approximate surface area is 115 Å². The van der Waals surface area contributed by atoms with E-state index in [1.165, 1.54) is 5.56 Å². The van der Waals surface area contributed by atoms with Crippen LogP contribution < -0.4 is 5.73 Å². The second kappa shape index (κ2) is 9.53. The second-order valence-corrected chi connectivity index (χ2v) is 4.50. The van der Waals surface area contributed by atoms with Crippen LogP contribution in [-0.4, -0.2) is 44.2 Å². The van der Waals surface area contributed by atoms with E-state index in [0.29, 0.717) is 26.1 Å². The van der Waals surface area contributed by atoms with Crippen LogP contribution in [0.2, 0.25) is 0 Å². The molecule has 0 aliphatic rings. The third-order valence-corrected chi connectivity index (χ3v) is 3.01. The zero-order valence-electron chi connectivity index (χ0n) is 11.7. The number of carbonyl (C=O) groups is 1. The number of amides is 1. The molecule has 2 N–H and O–H groups in total. The van der Waals surface area contributed by atoms with Crippen molar-refractivity contribution in [3.8, 4) is 0 Å². The van der Waals surface area contributed by atoms with Crippen LogP contribution >= 0.6 is 0 Å². The van der Waals surface area contributed by atoms with Crippen LogP contribution in [0.4, 0.5) is 0 Å². The van der Waals surface area contributed by atoms with E-state index >= 15 is 0 Å². The molecule has 0 atom stereocenters. The van der Waals surface area contributed by atoms with Crippen LogP contribution in [0.25, 0.3) is 0 Å². The first-order chi connectivity index (χ1) is 9.27. The summed E-state index contributed by atoms with van der Waals surface area (Å²) in [6.07, 6.45) is 2.36. The van der Waals surface area contributed by atoms with E-state index in [4.69, 9.17) is 10.5 Å². The van der Waals surface area contributed by atoms with Gasteiger partial charge in [-0.1, -0.05) is 30.3 Å². The number of aryl methyl sites for hydroxylation is 1. The van der Waals surface area contributed by atoms with Crippen LogP contribution in [0.3, 0.4) is 0 Å². The normalized spacial score (nSPS) is 10.4. The first-order valence-electron chi connectivity index (χ1n) is 6.78. The summed E-state index contributed by atoms with van der Waals surface area (Å²) >= 11 is 0. The average molecular weight is 264 g/mol. The number of hydrogen-bond acceptors (Lipinski definition) is 3. The number of methoxy groups -OCH3 is 1. The molecule has 0 saturated heterocycles. The quantitative estimate of drug-likeness (QED) is 0.734. The van der Waals surface area contributed by atoms with E-state index in [1.54, 1.807) is 7.11 Å². The Bertz CT molecular complexity index is 354. The second-order valence-electron chi connectivity index (χ2n) is 4.50. The molecule has 4 nitrogen and oxygen atoms in total. The molecule has 0 aromatic heterocycles. The molecule has 0 fully saturated rings. The molecule has 0 unspecified atom stereocenters. The number of nitrogens with two attached hydrogens (primary N) is 1. The highest BCUT2D eigenvalue weighted by Crippen LogP contribution is 2.04. The third-order valence-electron chi connectivity index (χ3n) is 3.01. The lowest BCUT2D eigenvalue weighted by molar-refractivity contribution is -0.131. The maximum absolute atomic E-state index is 11.9. The minimum atomic E-state index is 0.118. The number of rotatable bonds is 9. The Hall–Kier alpha value is -1.39. The number of nitrogens with zero attached hydrogens (tertiary/aromatic N) is 1. The molecule has 19 heavy (non-hydrogen) atoms. The highest BCUT2D eigenvalue weighted by atomic mass is 16.5. The fourth-order valence-corrected chi connectivity index (χ4v) is 1.96. The molecule has 0 heterocycles. The number of benzene rings is 1. The Morgan fingerprint density at radius 3 is 2.63 bits per heavy atom. The monoisotopic (exact) mass is 264 g/mol. The fraction of sp³-hybridized carbons (Fsp3) is 0.533. The first kappa shape index (κ1) is 15.7. The zero-order chi connectivity index (χ0) is 13.9. The van der Waals surface area contributed by atoms with Gasteiger partial charge in [0.1, 0.15) is 0 Å². The van der Waals surface area contributed by atoms with Gasteiger partial charge in [0.05, 0.1) is 6.61 Å². The van der Waals surface area contributed by atoms with Crippen molar-refractivity contribution in [3.63, 3.8) is 0 Å². The minimum absolute atomic E-state index is 0.118. The van der Waals surface area contributed by atoms with Crippen LogP contribution in [-0.2, 0) is 16.0 Å². The lowest BCUT2D eigenvalue weighted by Crippen LogP contribution is -2.36. The third kappa shape index (κ3) is 6.36. The minimum Gasteiger partial charge on any atom is -0.383 e. The average Bonchev–Trinajstić information content (AvgIpc) is 2.44. The van der Waals surface area contributed by atoms with Gasteiger partial charge in [0.2, 0.25) is 5.91 Å². The number of ether oxygens (including phenoxy) is 1. The standard InChI is InChI=1S/C15H24N2O2/c1-19-13-12-17(15(18)9-10-16)11-5-8-14-6-3-2-4-7-14/h2-4,6-7H,5,8-13,16H2,1H3. The topological polar surface area (TPSA) is 55.6 Å². The fourth-order valence-electron chi connectivity index (χ4n) is 1.96. The van der Waals surface area contributed by atoms with Crippen LogP contribution in [0, 0.1) is 0 Å². The van der Waals surface area contributed by atoms with Crippen LogP contribution in [0.1, 0.15) is 18.4 Å². The zero-order valence-corrected chi connectivity index (χ0v) is 11.7. The van der Waals surface area contributed by atoms with Gasteiger partial charge in [0, 0.05) is 33.2 Å². The molecule has 1 aromatic carbocycles. The van der Waals surface area contributed by atoms with Gasteiger partial charge in [-0.2, -0.15) is 0 Å². The summed E-state index contributed by atoms with van der Waals surface area (Å²) in [7, 11) is 1.65.